The van der Waals surface area contributed by atoms with Crippen LogP contribution in [0.5, 0.6) is 0 Å². The van der Waals surface area contributed by atoms with Gasteiger partial charge in [-0.15, -0.1) is 0 Å². The Hall–Kier alpha value is -19.3. The molecule has 35 rings (SSSR count). The summed E-state index contributed by atoms with van der Waals surface area (Å²) in [6.07, 6.45) is 0. The van der Waals surface area contributed by atoms with Gasteiger partial charge in [0.1, 0.15) is 11.2 Å². The lowest BCUT2D eigenvalue weighted by atomic mass is 9.44. The molecular weight excluding hydrogens is 1800 g/mol. The number of nitrogens with zero attached hydrogens (tertiary/aromatic N) is 4. The van der Waals surface area contributed by atoms with Crippen LogP contribution in [0, 0.1) is 0 Å². The third-order valence-corrected chi connectivity index (χ3v) is 34.3. The van der Waals surface area contributed by atoms with Crippen LogP contribution >= 0.6 is 0 Å². The largest absolute Gasteiger partial charge is 0.455 e. The van der Waals surface area contributed by atoms with E-state index in [0.29, 0.717) is 0 Å². The van der Waals surface area contributed by atoms with Gasteiger partial charge in [-0.3, -0.25) is 0 Å². The second-order valence-corrected chi connectivity index (χ2v) is 41.8. The topological polar surface area (TPSA) is 29.5 Å². The smallest absolute Gasteiger partial charge is 0.333 e. The molecular formula is C142H80B2N4O. The summed E-state index contributed by atoms with van der Waals surface area (Å²) in [5, 5.41) is 38.9. The van der Waals surface area contributed by atoms with E-state index in [9.17, 15) is 0 Å². The van der Waals surface area contributed by atoms with Crippen molar-refractivity contribution in [1.82, 2.24) is 8.96 Å². The first-order valence-electron chi connectivity index (χ1n) is 52.0. The van der Waals surface area contributed by atoms with Crippen LogP contribution in [0.3, 0.4) is 0 Å². The Morgan fingerprint density at radius 3 is 0.993 bits per heavy atom. The number of furan rings is 1. The highest BCUT2D eigenvalue weighted by atomic mass is 16.3. The summed E-state index contributed by atoms with van der Waals surface area (Å²) in [6.45, 7) is -0.592. The fourth-order valence-electron chi connectivity index (χ4n) is 28.1. The highest BCUT2D eigenvalue weighted by Gasteiger charge is 2.48. The molecule has 149 heavy (non-hydrogen) atoms. The van der Waals surface area contributed by atoms with Gasteiger partial charge in [-0.25, -0.2) is 0 Å². The molecule has 31 aromatic rings. The molecule has 0 N–H and O–H groups in total. The van der Waals surface area contributed by atoms with E-state index in [1.165, 1.54) is 217 Å². The quantitative estimate of drug-likeness (QED) is 0.0905. The predicted molar refractivity (Wildman–Crippen MR) is 636 cm³/mol. The van der Waals surface area contributed by atoms with Crippen LogP contribution in [0.4, 0.5) is 34.1 Å². The van der Waals surface area contributed by atoms with Crippen LogP contribution in [0.1, 0.15) is 0 Å². The summed E-state index contributed by atoms with van der Waals surface area (Å²) >= 11 is 0. The minimum absolute atomic E-state index is 0.249. The van der Waals surface area contributed by atoms with Crippen molar-refractivity contribution >= 4 is 275 Å². The van der Waals surface area contributed by atoms with Crippen LogP contribution in [-0.2, 0) is 0 Å². The molecule has 0 atom stereocenters. The lowest BCUT2D eigenvalue weighted by molar-refractivity contribution is 0.670. The maximum Gasteiger partial charge on any atom is 0.333 e. The SMILES string of the molecule is c1ccc(-c2cc(-c3ccccc3)cc(N3c4cc5cc6c(cc5cc4B4c5c3cc3ccccc3c5-c3cc5ccccc5c5c7c8ccccc8ccc7n4c35)c3ccccc3c3c(-c4ccc5c(c4)oc4c7c8c(cc45)N(c4cc(-c5ccccc5)cc(-c5ccccc5)c4)c4cc5cc9c%10ccccc%10c%10ccccc%10c9cc5cc4B8n4c5ccc8ccccc8c5c5c8ccccc8cc-7c54)cccc63)c2)cc1. The first-order chi connectivity index (χ1) is 73.9. The van der Waals surface area contributed by atoms with Crippen molar-refractivity contribution in [3.8, 4) is 77.9 Å². The van der Waals surface area contributed by atoms with Crippen LogP contribution < -0.4 is 31.7 Å². The number of hydrogen-bond donors (Lipinski definition) is 0. The van der Waals surface area contributed by atoms with Gasteiger partial charge in [0.25, 0.3) is 0 Å². The van der Waals surface area contributed by atoms with Crippen molar-refractivity contribution in [2.24, 2.45) is 0 Å². The Bertz CT molecular complexity index is 11500. The molecule has 28 aromatic carbocycles. The second kappa shape index (κ2) is 29.7. The fourth-order valence-corrected chi connectivity index (χ4v) is 28.1. The molecule has 0 spiro atoms. The van der Waals surface area contributed by atoms with E-state index >= 15 is 0 Å². The Labute approximate surface area is 855 Å². The van der Waals surface area contributed by atoms with Gasteiger partial charge in [0, 0.05) is 105 Å². The minimum atomic E-state index is -0.343. The highest BCUT2D eigenvalue weighted by molar-refractivity contribution is 6.92. The van der Waals surface area contributed by atoms with Gasteiger partial charge in [0.15, 0.2) is 0 Å². The monoisotopic (exact) mass is 1880 g/mol. The third-order valence-electron chi connectivity index (χ3n) is 34.3. The van der Waals surface area contributed by atoms with E-state index in [2.05, 4.69) is 504 Å². The van der Waals surface area contributed by atoms with Gasteiger partial charge in [-0.05, 0) is 344 Å². The summed E-state index contributed by atoms with van der Waals surface area (Å²) in [7, 11) is 0. The van der Waals surface area contributed by atoms with Gasteiger partial charge < -0.3 is 23.2 Å². The first-order valence-corrected chi connectivity index (χ1v) is 52.0. The number of aromatic nitrogens is 2. The average molecular weight is 1880 g/mol. The van der Waals surface area contributed by atoms with Crippen molar-refractivity contribution < 1.29 is 4.42 Å². The number of benzene rings is 28. The Kier molecular flexibility index (Phi) is 16.0. The van der Waals surface area contributed by atoms with Crippen molar-refractivity contribution in [3.63, 3.8) is 0 Å². The van der Waals surface area contributed by atoms with Gasteiger partial charge >= 0.3 is 13.7 Å². The van der Waals surface area contributed by atoms with E-state index in [0.717, 1.165) is 123 Å². The fraction of sp³-hybridized carbons (Fsp3) is 0. The molecule has 4 aliphatic rings. The summed E-state index contributed by atoms with van der Waals surface area (Å²) < 4.78 is 13.7. The van der Waals surface area contributed by atoms with Crippen LogP contribution in [0.15, 0.2) is 490 Å². The minimum Gasteiger partial charge on any atom is -0.455 e. The maximum absolute atomic E-state index is 8.15. The van der Waals surface area contributed by atoms with E-state index in [4.69, 9.17) is 4.42 Å². The van der Waals surface area contributed by atoms with Crippen molar-refractivity contribution in [2.45, 2.75) is 0 Å². The number of rotatable bonds is 7. The molecule has 680 valence electrons. The molecule has 4 aliphatic heterocycles. The van der Waals surface area contributed by atoms with Crippen LogP contribution in [-0.4, -0.2) is 22.7 Å². The summed E-state index contributed by atoms with van der Waals surface area (Å²) in [4.78, 5) is 5.32. The molecule has 7 heteroatoms. The average Bonchev–Trinajstić information content (AvgIpc) is 1.52. The zero-order valence-electron chi connectivity index (χ0n) is 80.5. The molecule has 0 radical (unpaired) electrons. The Morgan fingerprint density at radius 2 is 0.523 bits per heavy atom. The van der Waals surface area contributed by atoms with Gasteiger partial charge in [0.2, 0.25) is 0 Å². The Balaban J connectivity index is 0.620. The van der Waals surface area contributed by atoms with Crippen LogP contribution in [0.2, 0.25) is 0 Å². The maximum atomic E-state index is 8.15. The van der Waals surface area contributed by atoms with E-state index in [1.807, 2.05) is 0 Å². The normalized spacial score (nSPS) is 13.0. The lowest BCUT2D eigenvalue weighted by Crippen LogP contribution is -2.56. The number of fused-ring (bicyclic) bond motifs is 42. The molecule has 0 bridgehead atoms. The molecule has 0 fully saturated rings. The molecule has 7 heterocycles. The zero-order chi connectivity index (χ0) is 96.5. The molecule has 3 aromatic heterocycles. The van der Waals surface area contributed by atoms with Gasteiger partial charge in [-0.1, -0.05) is 364 Å². The van der Waals surface area contributed by atoms with Crippen molar-refractivity contribution in [2.75, 3.05) is 9.80 Å². The molecule has 0 aliphatic carbocycles. The van der Waals surface area contributed by atoms with E-state index < -0.39 is 0 Å². The zero-order valence-corrected chi connectivity index (χ0v) is 80.5. The molecule has 0 amide bonds. The molecule has 0 saturated carbocycles. The predicted octanol–water partition coefficient (Wildman–Crippen LogP) is 36.0. The van der Waals surface area contributed by atoms with Crippen molar-refractivity contribution in [1.29, 1.82) is 0 Å². The van der Waals surface area contributed by atoms with E-state index in [-0.39, 0.29) is 13.7 Å². The first kappa shape index (κ1) is 80.1. The molecule has 0 unspecified atom stereocenters. The second-order valence-electron chi connectivity index (χ2n) is 41.8. The summed E-state index contributed by atoms with van der Waals surface area (Å²) in [5.74, 6) is 0. The standard InChI is InChI=1S/C142H80B2N4O/c1-5-30-81(31-6-1)91-62-92(82-32-7-2-8-33-82)65-99(64-91)145-126-78-98-73-118-114-55-29-54-103(131(114)113-53-28-27-52-111(113)117(118)71-96(98)74-122(126)143-138-128(145)76-89-42-17-20-45-104(89)132(138)120-68-87-40-15-21-46-105(87)135-133-101-43-18-13-38-85(101)57-60-124(133)147(143)140(120)135)90-56-59-112-119-80-129-139-137(142(119)149-130(112)79-90)121-69-88-41-16-22-47-106(88)136-134-102-44-19-14-39-86(102)58-61-125(134)148(141(121)136)144(139)123-75-95-70-115-109-50-25-23-48-107(109)108-49-24-26-51-110(108)116(115)72-97(95)77-127(123)146(129)100-66-93(83-34-9-3-10-35-83)63-94(67-100)84-36-11-4-12-37-84/h1-80H. The summed E-state index contributed by atoms with van der Waals surface area (Å²) in [6, 6.07) is 186. The number of hydrogen-bond acceptors (Lipinski definition) is 3. The Morgan fingerprint density at radius 1 is 0.174 bits per heavy atom. The molecule has 5 nitrogen and oxygen atoms in total. The summed E-state index contributed by atoms with van der Waals surface area (Å²) in [5.41, 5.74) is 34.5. The van der Waals surface area contributed by atoms with Gasteiger partial charge in [0.05, 0.1) is 0 Å². The highest BCUT2D eigenvalue weighted by Crippen LogP contribution is 2.58. The van der Waals surface area contributed by atoms with E-state index in [1.54, 1.807) is 0 Å². The number of anilines is 6. The third kappa shape index (κ3) is 11.0. The van der Waals surface area contributed by atoms with Crippen LogP contribution in [0.25, 0.3) is 283 Å². The van der Waals surface area contributed by atoms with Gasteiger partial charge in [-0.2, -0.15) is 0 Å². The lowest BCUT2D eigenvalue weighted by Gasteiger charge is -2.41. The molecule has 0 saturated heterocycles. The van der Waals surface area contributed by atoms with Crippen molar-refractivity contribution in [3.05, 3.63) is 485 Å².